The number of Topliss-reactive ketones (excluding diaryl/α,β-unsaturated/α-hetero) is 1. The lowest BCUT2D eigenvalue weighted by atomic mass is 9.84. The largest absolute Gasteiger partial charge is 0.335 e. The first-order valence-corrected chi connectivity index (χ1v) is 15.4. The molecule has 0 aromatic heterocycles. The van der Waals surface area contributed by atoms with Crippen LogP contribution in [0.25, 0.3) is 10.8 Å². The van der Waals surface area contributed by atoms with Gasteiger partial charge in [0.25, 0.3) is 0 Å². The Hall–Kier alpha value is -3.18. The van der Waals surface area contributed by atoms with E-state index >= 15 is 0 Å². The van der Waals surface area contributed by atoms with Crippen LogP contribution in [-0.4, -0.2) is 29.3 Å². The fourth-order valence-electron chi connectivity index (χ4n) is 7.55. The van der Waals surface area contributed by atoms with E-state index in [9.17, 15) is 9.59 Å². The molecule has 2 bridgehead atoms. The Balaban J connectivity index is 0.974. The van der Waals surface area contributed by atoms with E-state index in [0.717, 1.165) is 36.4 Å². The molecule has 5 nitrogen and oxygen atoms in total. The van der Waals surface area contributed by atoms with Crippen molar-refractivity contribution in [3.63, 3.8) is 0 Å². The number of hydrogen-bond acceptors (Lipinski definition) is 3. The molecule has 1 aliphatic carbocycles. The van der Waals surface area contributed by atoms with E-state index in [0.29, 0.717) is 12.1 Å². The second-order valence-electron chi connectivity index (χ2n) is 12.6. The van der Waals surface area contributed by atoms with Gasteiger partial charge in [-0.15, -0.1) is 0 Å². The molecule has 40 heavy (non-hydrogen) atoms. The van der Waals surface area contributed by atoms with E-state index in [-0.39, 0.29) is 29.8 Å². The Morgan fingerprint density at radius 3 is 2.35 bits per heavy atom. The molecule has 2 heterocycles. The summed E-state index contributed by atoms with van der Waals surface area (Å²) in [5.74, 6) is 1.01. The molecule has 2 N–H and O–H groups in total. The Morgan fingerprint density at radius 1 is 0.850 bits per heavy atom. The molecule has 6 rings (SSSR count). The predicted molar refractivity (Wildman–Crippen MR) is 161 cm³/mol. The first-order chi connectivity index (χ1) is 19.4. The first kappa shape index (κ1) is 27.0. The Kier molecular flexibility index (Phi) is 7.67. The molecule has 1 saturated carbocycles. The van der Waals surface area contributed by atoms with Gasteiger partial charge in [0.2, 0.25) is 0 Å². The molecule has 2 fully saturated rings. The van der Waals surface area contributed by atoms with E-state index in [4.69, 9.17) is 0 Å². The third-order valence-electron chi connectivity index (χ3n) is 9.74. The van der Waals surface area contributed by atoms with Crippen LogP contribution in [0, 0.1) is 11.8 Å². The van der Waals surface area contributed by atoms with Gasteiger partial charge in [-0.25, -0.2) is 4.79 Å². The normalized spacial score (nSPS) is 24.7. The number of carbonyl (C=O) groups is 2. The molecular formula is C35H43N3O2. The average Bonchev–Trinajstić information content (AvgIpc) is 3.51. The van der Waals surface area contributed by atoms with Crippen LogP contribution in [0.15, 0.2) is 60.7 Å². The number of benzene rings is 3. The van der Waals surface area contributed by atoms with Gasteiger partial charge in [0, 0.05) is 29.6 Å². The fraction of sp³-hybridized carbons (Fsp3) is 0.486. The highest BCUT2D eigenvalue weighted by molar-refractivity contribution is 5.97. The minimum absolute atomic E-state index is 0.0380. The molecule has 3 aromatic rings. The molecule has 210 valence electrons. The van der Waals surface area contributed by atoms with Gasteiger partial charge in [0.05, 0.1) is 6.04 Å². The number of rotatable bonds is 8. The van der Waals surface area contributed by atoms with Crippen molar-refractivity contribution in [1.82, 2.24) is 15.5 Å². The Bertz CT molecular complexity index is 1390. The molecule has 3 aliphatic rings. The molecule has 5 heteroatoms. The lowest BCUT2D eigenvalue weighted by molar-refractivity contribution is 0.0939. The van der Waals surface area contributed by atoms with E-state index in [1.54, 1.807) is 0 Å². The van der Waals surface area contributed by atoms with E-state index in [2.05, 4.69) is 71.0 Å². The molecule has 1 saturated heterocycles. The number of amides is 2. The van der Waals surface area contributed by atoms with Gasteiger partial charge < -0.3 is 10.6 Å². The number of nitrogens with zero attached hydrogens (tertiary/aromatic N) is 1. The minimum atomic E-state index is -0.0643. The molecule has 3 aromatic carbocycles. The second kappa shape index (κ2) is 11.4. The van der Waals surface area contributed by atoms with E-state index in [1.165, 1.54) is 54.0 Å². The molecule has 0 radical (unpaired) electrons. The lowest BCUT2D eigenvalue weighted by Crippen LogP contribution is -2.44. The summed E-state index contributed by atoms with van der Waals surface area (Å²) in [6.07, 6.45) is 8.11. The smallest absolute Gasteiger partial charge is 0.315 e. The number of nitrogens with one attached hydrogen (secondary N) is 2. The standard InChI is InChI=1S/C35H43N3O2/c1-22(2)34(39)26-13-16-30-31(21-26)33-18-17-32(30)38(33)20-19-24-11-14-27(15-12-24)37-35(40)36-23(3)28-10-6-8-25-7-4-5-9-29(25)28/h4-10,13,16,21-24,27,32-33H,11-12,14-15,17-20H2,1-3H3,(H2,36,37,40)/t23-,24?,27?,32?,33?/m1/s1. The maximum absolute atomic E-state index is 12.9. The summed E-state index contributed by atoms with van der Waals surface area (Å²) in [5.41, 5.74) is 4.88. The van der Waals surface area contributed by atoms with Gasteiger partial charge >= 0.3 is 6.03 Å². The SMILES string of the molecule is CC(C)C(=O)c1ccc2c(c1)C1CCC2N1CCC1CCC(NC(=O)N[C@H](C)c2cccc3ccccc23)CC1. The summed E-state index contributed by atoms with van der Waals surface area (Å²) in [4.78, 5) is 28.1. The predicted octanol–water partition coefficient (Wildman–Crippen LogP) is 7.88. The van der Waals surface area contributed by atoms with Crippen molar-refractivity contribution < 1.29 is 9.59 Å². The molecule has 2 amide bonds. The monoisotopic (exact) mass is 537 g/mol. The van der Waals surface area contributed by atoms with Crippen molar-refractivity contribution in [2.45, 2.75) is 89.9 Å². The van der Waals surface area contributed by atoms with Gasteiger partial charge in [-0.3, -0.25) is 9.69 Å². The molecule has 2 aliphatic heterocycles. The van der Waals surface area contributed by atoms with Crippen LogP contribution in [0.2, 0.25) is 0 Å². The molecule has 0 spiro atoms. The van der Waals surface area contributed by atoms with Gasteiger partial charge in [-0.1, -0.05) is 68.4 Å². The third kappa shape index (κ3) is 5.28. The lowest BCUT2D eigenvalue weighted by Gasteiger charge is -2.31. The van der Waals surface area contributed by atoms with Crippen molar-refractivity contribution in [2.24, 2.45) is 11.8 Å². The van der Waals surface area contributed by atoms with Gasteiger partial charge in [-0.2, -0.15) is 0 Å². The fourth-order valence-corrected chi connectivity index (χ4v) is 7.55. The third-order valence-corrected chi connectivity index (χ3v) is 9.74. The Labute approximate surface area is 238 Å². The highest BCUT2D eigenvalue weighted by atomic mass is 16.2. The van der Waals surface area contributed by atoms with Crippen molar-refractivity contribution in [3.05, 3.63) is 82.9 Å². The summed E-state index contributed by atoms with van der Waals surface area (Å²) in [5, 5.41) is 8.82. The number of carbonyl (C=O) groups excluding carboxylic acids is 2. The first-order valence-electron chi connectivity index (χ1n) is 15.4. The summed E-state index contributed by atoms with van der Waals surface area (Å²) >= 11 is 0. The van der Waals surface area contributed by atoms with Crippen LogP contribution < -0.4 is 10.6 Å². The molecule has 2 unspecified atom stereocenters. The minimum Gasteiger partial charge on any atom is -0.335 e. The van der Waals surface area contributed by atoms with Crippen molar-refractivity contribution >= 4 is 22.6 Å². The molecular weight excluding hydrogens is 494 g/mol. The zero-order valence-corrected chi connectivity index (χ0v) is 24.2. The van der Waals surface area contributed by atoms with Crippen molar-refractivity contribution in [2.75, 3.05) is 6.54 Å². The average molecular weight is 538 g/mol. The summed E-state index contributed by atoms with van der Waals surface area (Å²) < 4.78 is 0. The number of fused-ring (bicyclic) bond motifs is 6. The maximum atomic E-state index is 12.9. The maximum Gasteiger partial charge on any atom is 0.315 e. The van der Waals surface area contributed by atoms with Crippen LogP contribution >= 0.6 is 0 Å². The van der Waals surface area contributed by atoms with Crippen LogP contribution in [-0.2, 0) is 0 Å². The van der Waals surface area contributed by atoms with Crippen molar-refractivity contribution in [1.29, 1.82) is 0 Å². The second-order valence-corrected chi connectivity index (χ2v) is 12.6. The van der Waals surface area contributed by atoms with E-state index < -0.39 is 0 Å². The zero-order chi connectivity index (χ0) is 27.8. The summed E-state index contributed by atoms with van der Waals surface area (Å²) in [7, 11) is 0. The number of ketones is 1. The van der Waals surface area contributed by atoms with Crippen LogP contribution in [0.1, 0.15) is 111 Å². The van der Waals surface area contributed by atoms with Gasteiger partial charge in [0.15, 0.2) is 5.78 Å². The highest BCUT2D eigenvalue weighted by Crippen LogP contribution is 2.53. The van der Waals surface area contributed by atoms with E-state index in [1.807, 2.05) is 26.0 Å². The number of urea groups is 1. The summed E-state index contributed by atoms with van der Waals surface area (Å²) in [6, 6.07) is 22.2. The topological polar surface area (TPSA) is 61.4 Å². The quantitative estimate of drug-likeness (QED) is 0.287. The Morgan fingerprint density at radius 2 is 1.57 bits per heavy atom. The van der Waals surface area contributed by atoms with Crippen LogP contribution in [0.5, 0.6) is 0 Å². The zero-order valence-electron chi connectivity index (χ0n) is 24.2. The molecule has 3 atom stereocenters. The van der Waals surface area contributed by atoms with Gasteiger partial charge in [-0.05, 0) is 97.9 Å². The highest BCUT2D eigenvalue weighted by Gasteiger charge is 2.43. The van der Waals surface area contributed by atoms with Crippen LogP contribution in [0.4, 0.5) is 4.79 Å². The van der Waals surface area contributed by atoms with Crippen molar-refractivity contribution in [3.8, 4) is 0 Å². The number of hydrogen-bond donors (Lipinski definition) is 2. The summed E-state index contributed by atoms with van der Waals surface area (Å²) in [6.45, 7) is 7.16. The van der Waals surface area contributed by atoms with Gasteiger partial charge in [0.1, 0.15) is 0 Å². The van der Waals surface area contributed by atoms with Crippen LogP contribution in [0.3, 0.4) is 0 Å².